The van der Waals surface area contributed by atoms with E-state index < -0.39 is 5.72 Å². The first-order valence-electron chi connectivity index (χ1n) is 4.45. The van der Waals surface area contributed by atoms with Gasteiger partial charge < -0.3 is 9.64 Å². The number of hydrogen-bond donors (Lipinski definition) is 1. The number of carbonyl (C=O) groups excluding carboxylic acids is 1. The van der Waals surface area contributed by atoms with Gasteiger partial charge in [0.15, 0.2) is 5.72 Å². The van der Waals surface area contributed by atoms with E-state index in [1.54, 1.807) is 18.9 Å². The highest BCUT2D eigenvalue weighted by Crippen LogP contribution is 2.31. The molecule has 13 heavy (non-hydrogen) atoms. The standard InChI is InChI=1S/C9H18N2O2/c1-8(2)5-9(3,10)13-7(12)11(4)6-8/h5-6,10H2,1-4H3. The van der Waals surface area contributed by atoms with Crippen molar-refractivity contribution in [3.8, 4) is 0 Å². The SMILES string of the molecule is CN1CC(C)(C)CC(C)(N)OC1=O. The lowest BCUT2D eigenvalue weighted by Crippen LogP contribution is -2.43. The van der Waals surface area contributed by atoms with Gasteiger partial charge in [0, 0.05) is 20.0 Å². The molecular formula is C9H18N2O2. The number of nitrogens with two attached hydrogens (primary N) is 1. The minimum absolute atomic E-state index is 0.00438. The zero-order valence-corrected chi connectivity index (χ0v) is 8.76. The summed E-state index contributed by atoms with van der Waals surface area (Å²) < 4.78 is 5.11. The van der Waals surface area contributed by atoms with Gasteiger partial charge in [-0.25, -0.2) is 4.79 Å². The van der Waals surface area contributed by atoms with Crippen LogP contribution in [0, 0.1) is 5.41 Å². The average molecular weight is 186 g/mol. The molecule has 1 aliphatic heterocycles. The molecule has 1 heterocycles. The molecule has 1 rings (SSSR count). The Morgan fingerprint density at radius 3 is 2.54 bits per heavy atom. The molecule has 1 atom stereocenters. The van der Waals surface area contributed by atoms with E-state index in [9.17, 15) is 4.79 Å². The smallest absolute Gasteiger partial charge is 0.411 e. The second-order valence-corrected chi connectivity index (χ2v) is 4.88. The Hall–Kier alpha value is -0.770. The van der Waals surface area contributed by atoms with E-state index in [-0.39, 0.29) is 11.5 Å². The van der Waals surface area contributed by atoms with Gasteiger partial charge in [0.05, 0.1) is 0 Å². The minimum Gasteiger partial charge on any atom is -0.428 e. The van der Waals surface area contributed by atoms with Crippen molar-refractivity contribution in [2.45, 2.75) is 32.9 Å². The molecule has 1 aliphatic rings. The monoisotopic (exact) mass is 186 g/mol. The Labute approximate surface area is 79.0 Å². The molecule has 0 saturated carbocycles. The third kappa shape index (κ3) is 2.59. The van der Waals surface area contributed by atoms with Crippen molar-refractivity contribution in [1.29, 1.82) is 0 Å². The third-order valence-corrected chi connectivity index (χ3v) is 2.13. The van der Waals surface area contributed by atoms with E-state index in [0.717, 1.165) is 0 Å². The molecule has 1 amide bonds. The number of rotatable bonds is 0. The lowest BCUT2D eigenvalue weighted by Gasteiger charge is -2.29. The van der Waals surface area contributed by atoms with Gasteiger partial charge in [-0.1, -0.05) is 13.8 Å². The van der Waals surface area contributed by atoms with E-state index in [1.165, 1.54) is 0 Å². The summed E-state index contributed by atoms with van der Waals surface area (Å²) in [6.45, 7) is 6.58. The van der Waals surface area contributed by atoms with E-state index in [4.69, 9.17) is 10.5 Å². The van der Waals surface area contributed by atoms with Crippen molar-refractivity contribution in [2.75, 3.05) is 13.6 Å². The molecule has 1 fully saturated rings. The molecule has 4 nitrogen and oxygen atoms in total. The Kier molecular flexibility index (Phi) is 2.28. The third-order valence-electron chi connectivity index (χ3n) is 2.13. The zero-order valence-electron chi connectivity index (χ0n) is 8.76. The highest BCUT2D eigenvalue weighted by atomic mass is 16.6. The molecule has 0 bridgehead atoms. The van der Waals surface area contributed by atoms with E-state index in [2.05, 4.69) is 13.8 Å². The first-order valence-corrected chi connectivity index (χ1v) is 4.45. The predicted molar refractivity (Wildman–Crippen MR) is 50.1 cm³/mol. The van der Waals surface area contributed by atoms with Crippen molar-refractivity contribution < 1.29 is 9.53 Å². The molecule has 4 heteroatoms. The fourth-order valence-electron chi connectivity index (χ4n) is 2.03. The fraction of sp³-hybridized carbons (Fsp3) is 0.889. The van der Waals surface area contributed by atoms with E-state index in [0.29, 0.717) is 13.0 Å². The molecule has 76 valence electrons. The van der Waals surface area contributed by atoms with Crippen LogP contribution in [0.2, 0.25) is 0 Å². The van der Waals surface area contributed by atoms with Crippen molar-refractivity contribution in [3.05, 3.63) is 0 Å². The molecular weight excluding hydrogens is 168 g/mol. The van der Waals surface area contributed by atoms with Crippen LogP contribution in [-0.2, 0) is 4.74 Å². The normalized spacial score (nSPS) is 33.9. The van der Waals surface area contributed by atoms with Crippen LogP contribution in [0.5, 0.6) is 0 Å². The lowest BCUT2D eigenvalue weighted by molar-refractivity contribution is 0.0104. The number of ether oxygens (including phenoxy) is 1. The Bertz CT molecular complexity index is 224. The second kappa shape index (κ2) is 2.87. The van der Waals surface area contributed by atoms with Gasteiger partial charge in [-0.15, -0.1) is 0 Å². The van der Waals surface area contributed by atoms with Crippen LogP contribution in [-0.4, -0.2) is 30.3 Å². The summed E-state index contributed by atoms with van der Waals surface area (Å²) in [6.07, 6.45) is 0.339. The largest absolute Gasteiger partial charge is 0.428 e. The van der Waals surface area contributed by atoms with Crippen LogP contribution < -0.4 is 5.73 Å². The minimum atomic E-state index is -0.842. The van der Waals surface area contributed by atoms with Crippen molar-refractivity contribution in [2.24, 2.45) is 11.1 Å². The summed E-state index contributed by atoms with van der Waals surface area (Å²) in [5.41, 5.74) is 5.00. The van der Waals surface area contributed by atoms with Crippen LogP contribution in [0.25, 0.3) is 0 Å². The maximum atomic E-state index is 11.3. The summed E-state index contributed by atoms with van der Waals surface area (Å²) in [5.74, 6) is 0. The van der Waals surface area contributed by atoms with Crippen molar-refractivity contribution in [3.63, 3.8) is 0 Å². The fourth-order valence-corrected chi connectivity index (χ4v) is 2.03. The molecule has 1 saturated heterocycles. The molecule has 0 aromatic rings. The van der Waals surface area contributed by atoms with Gasteiger partial charge in [0.2, 0.25) is 0 Å². The van der Waals surface area contributed by atoms with Crippen molar-refractivity contribution >= 4 is 6.09 Å². The molecule has 0 aliphatic carbocycles. The summed E-state index contributed by atoms with van der Waals surface area (Å²) in [7, 11) is 1.73. The van der Waals surface area contributed by atoms with E-state index in [1.807, 2.05) is 0 Å². The molecule has 0 spiro atoms. The van der Waals surface area contributed by atoms with Crippen LogP contribution >= 0.6 is 0 Å². The zero-order chi connectivity index (χ0) is 10.3. The highest BCUT2D eigenvalue weighted by Gasteiger charge is 2.38. The van der Waals surface area contributed by atoms with Gasteiger partial charge >= 0.3 is 6.09 Å². The summed E-state index contributed by atoms with van der Waals surface area (Å²) in [4.78, 5) is 12.9. The predicted octanol–water partition coefficient (Wildman–Crippen LogP) is 1.16. The van der Waals surface area contributed by atoms with Gasteiger partial charge in [-0.2, -0.15) is 0 Å². The van der Waals surface area contributed by atoms with Crippen molar-refractivity contribution in [1.82, 2.24) is 4.90 Å². The number of hydrogen-bond acceptors (Lipinski definition) is 3. The first kappa shape index (κ1) is 10.3. The summed E-state index contributed by atoms with van der Waals surface area (Å²) in [5, 5.41) is 0. The molecule has 0 radical (unpaired) electrons. The maximum Gasteiger partial charge on any atom is 0.411 e. The average Bonchev–Trinajstić information content (AvgIpc) is 1.85. The summed E-state index contributed by atoms with van der Waals surface area (Å²) >= 11 is 0. The van der Waals surface area contributed by atoms with Crippen LogP contribution in [0.3, 0.4) is 0 Å². The topological polar surface area (TPSA) is 55.6 Å². The highest BCUT2D eigenvalue weighted by molar-refractivity contribution is 5.68. The Balaban J connectivity index is 2.87. The lowest BCUT2D eigenvalue weighted by atomic mass is 9.85. The number of carbonyl (C=O) groups is 1. The van der Waals surface area contributed by atoms with Gasteiger partial charge in [0.25, 0.3) is 0 Å². The summed E-state index contributed by atoms with van der Waals surface area (Å²) in [6, 6.07) is 0. The number of nitrogens with zero attached hydrogens (tertiary/aromatic N) is 1. The van der Waals surface area contributed by atoms with Gasteiger partial charge in [-0.3, -0.25) is 5.73 Å². The first-order chi connectivity index (χ1) is 5.72. The molecule has 0 aromatic heterocycles. The quantitative estimate of drug-likeness (QED) is 0.617. The Morgan fingerprint density at radius 1 is 1.46 bits per heavy atom. The maximum absolute atomic E-state index is 11.3. The second-order valence-electron chi connectivity index (χ2n) is 4.88. The van der Waals surface area contributed by atoms with E-state index >= 15 is 0 Å². The number of cyclic esters (lactones) is 1. The van der Waals surface area contributed by atoms with Crippen LogP contribution in [0.4, 0.5) is 4.79 Å². The van der Waals surface area contributed by atoms with Gasteiger partial charge in [-0.05, 0) is 12.3 Å². The molecule has 2 N–H and O–H groups in total. The molecule has 1 unspecified atom stereocenters. The van der Waals surface area contributed by atoms with Crippen LogP contribution in [0.1, 0.15) is 27.2 Å². The number of amides is 1. The molecule has 0 aromatic carbocycles. The van der Waals surface area contributed by atoms with Gasteiger partial charge in [0.1, 0.15) is 0 Å². The Morgan fingerprint density at radius 2 is 2.00 bits per heavy atom. The van der Waals surface area contributed by atoms with Crippen LogP contribution in [0.15, 0.2) is 0 Å².